The van der Waals surface area contributed by atoms with E-state index in [0.717, 1.165) is 19.3 Å². The topological polar surface area (TPSA) is 58.6 Å². The zero-order valence-electron chi connectivity index (χ0n) is 7.69. The second kappa shape index (κ2) is 3.27. The summed E-state index contributed by atoms with van der Waals surface area (Å²) < 4.78 is 5.16. The number of nitrogens with one attached hydrogen (secondary N) is 1. The van der Waals surface area contributed by atoms with E-state index < -0.39 is 0 Å². The maximum Gasteiger partial charge on any atom is 0.302 e. The molecule has 2 N–H and O–H groups in total. The lowest BCUT2D eigenvalue weighted by atomic mass is 10.0. The molecule has 0 unspecified atom stereocenters. The third-order valence-corrected chi connectivity index (χ3v) is 2.92. The summed E-state index contributed by atoms with van der Waals surface area (Å²) in [7, 11) is 0. The molecule has 0 aromatic rings. The molecule has 0 aromatic heterocycles. The van der Waals surface area contributed by atoms with Crippen molar-refractivity contribution in [1.29, 1.82) is 0 Å². The summed E-state index contributed by atoms with van der Waals surface area (Å²) in [6.07, 6.45) is 2.18. The Hall–Kier alpha value is -0.610. The molecule has 0 saturated carbocycles. The lowest BCUT2D eigenvalue weighted by Crippen LogP contribution is -2.44. The molecule has 0 spiro atoms. The van der Waals surface area contributed by atoms with Gasteiger partial charge in [0.15, 0.2) is 0 Å². The molecule has 4 nitrogen and oxygen atoms in total. The van der Waals surface area contributed by atoms with Crippen molar-refractivity contribution in [2.75, 3.05) is 0 Å². The molecule has 74 valence electrons. The van der Waals surface area contributed by atoms with Crippen LogP contribution in [-0.4, -0.2) is 35.4 Å². The first-order chi connectivity index (χ1) is 6.16. The van der Waals surface area contributed by atoms with E-state index >= 15 is 0 Å². The number of aliphatic hydroxyl groups excluding tert-OH is 1. The SMILES string of the molecule is CC(=O)O[C@H]1C[C@@H]2N[C@H]1CC[C@@H]2O. The fraction of sp³-hybridized carbons (Fsp3) is 0.889. The van der Waals surface area contributed by atoms with Crippen LogP contribution in [0.5, 0.6) is 0 Å². The van der Waals surface area contributed by atoms with Crippen molar-refractivity contribution >= 4 is 5.97 Å². The molecule has 2 aliphatic heterocycles. The Morgan fingerprint density at radius 3 is 2.85 bits per heavy atom. The predicted molar refractivity (Wildman–Crippen MR) is 46.1 cm³/mol. The minimum atomic E-state index is -0.267. The third-order valence-electron chi connectivity index (χ3n) is 2.92. The number of hydrogen-bond acceptors (Lipinski definition) is 4. The van der Waals surface area contributed by atoms with Gasteiger partial charge in [0.25, 0.3) is 0 Å². The number of carbonyl (C=O) groups is 1. The van der Waals surface area contributed by atoms with Crippen LogP contribution in [0.1, 0.15) is 26.2 Å². The fourth-order valence-electron chi connectivity index (χ4n) is 2.30. The van der Waals surface area contributed by atoms with E-state index in [9.17, 15) is 9.90 Å². The Morgan fingerprint density at radius 2 is 2.23 bits per heavy atom. The number of aliphatic hydroxyl groups is 1. The standard InChI is InChI=1S/C9H15NO3/c1-5(11)13-9-4-7-8(12)3-2-6(9)10-7/h6-10,12H,2-4H2,1H3/t6-,7-,8-,9-/m0/s1. The normalized spacial score (nSPS) is 43.2. The predicted octanol–water partition coefficient (Wildman–Crippen LogP) is -0.197. The van der Waals surface area contributed by atoms with Crippen LogP contribution in [0.25, 0.3) is 0 Å². The van der Waals surface area contributed by atoms with Crippen LogP contribution in [0, 0.1) is 0 Å². The average Bonchev–Trinajstić information content (AvgIpc) is 2.37. The summed E-state index contributed by atoms with van der Waals surface area (Å²) >= 11 is 0. The van der Waals surface area contributed by atoms with Crippen molar-refractivity contribution < 1.29 is 14.6 Å². The van der Waals surface area contributed by atoms with Gasteiger partial charge in [-0.2, -0.15) is 0 Å². The molecule has 2 aliphatic rings. The van der Waals surface area contributed by atoms with Gasteiger partial charge < -0.3 is 15.2 Å². The van der Waals surface area contributed by atoms with Crippen LogP contribution in [0.3, 0.4) is 0 Å². The number of ether oxygens (including phenoxy) is 1. The van der Waals surface area contributed by atoms with Gasteiger partial charge in [-0.25, -0.2) is 0 Å². The first-order valence-electron chi connectivity index (χ1n) is 4.78. The lowest BCUT2D eigenvalue weighted by molar-refractivity contribution is -0.146. The molecular weight excluding hydrogens is 170 g/mol. The van der Waals surface area contributed by atoms with Crippen molar-refractivity contribution in [2.24, 2.45) is 0 Å². The minimum absolute atomic E-state index is 0.0281. The number of carbonyl (C=O) groups excluding carboxylic acids is 1. The van der Waals surface area contributed by atoms with Crippen molar-refractivity contribution in [3.8, 4) is 0 Å². The summed E-state index contributed by atoms with van der Waals surface area (Å²) in [4.78, 5) is 10.8. The van der Waals surface area contributed by atoms with Gasteiger partial charge in [0.2, 0.25) is 0 Å². The number of hydrogen-bond donors (Lipinski definition) is 2. The quantitative estimate of drug-likeness (QED) is 0.556. The summed E-state index contributed by atoms with van der Waals surface area (Å²) in [5.41, 5.74) is 0. The highest BCUT2D eigenvalue weighted by Gasteiger charge is 2.42. The van der Waals surface area contributed by atoms with E-state index in [1.165, 1.54) is 6.92 Å². The molecule has 2 saturated heterocycles. The van der Waals surface area contributed by atoms with Gasteiger partial charge in [0.1, 0.15) is 6.10 Å². The van der Waals surface area contributed by atoms with Crippen molar-refractivity contribution in [3.05, 3.63) is 0 Å². The van der Waals surface area contributed by atoms with E-state index in [-0.39, 0.29) is 30.3 Å². The zero-order chi connectivity index (χ0) is 9.42. The average molecular weight is 185 g/mol. The number of rotatable bonds is 1. The van der Waals surface area contributed by atoms with Gasteiger partial charge in [-0.05, 0) is 12.8 Å². The van der Waals surface area contributed by atoms with Crippen LogP contribution in [0.4, 0.5) is 0 Å². The van der Waals surface area contributed by atoms with Crippen LogP contribution >= 0.6 is 0 Å². The molecule has 0 radical (unpaired) electrons. The van der Waals surface area contributed by atoms with E-state index in [2.05, 4.69) is 5.32 Å². The summed E-state index contributed by atoms with van der Waals surface area (Å²) in [6, 6.07) is 0.389. The van der Waals surface area contributed by atoms with Crippen LogP contribution < -0.4 is 5.32 Å². The van der Waals surface area contributed by atoms with Crippen molar-refractivity contribution in [1.82, 2.24) is 5.32 Å². The molecule has 2 rings (SSSR count). The number of fused-ring (bicyclic) bond motifs is 2. The van der Waals surface area contributed by atoms with E-state index in [4.69, 9.17) is 4.74 Å². The summed E-state index contributed by atoms with van der Waals surface area (Å²) in [5, 5.41) is 12.8. The zero-order valence-corrected chi connectivity index (χ0v) is 7.69. The van der Waals surface area contributed by atoms with Crippen molar-refractivity contribution in [3.63, 3.8) is 0 Å². The largest absolute Gasteiger partial charge is 0.461 e. The van der Waals surface area contributed by atoms with Crippen LogP contribution in [-0.2, 0) is 9.53 Å². The molecule has 4 atom stereocenters. The van der Waals surface area contributed by atoms with Gasteiger partial charge in [-0.15, -0.1) is 0 Å². The maximum absolute atomic E-state index is 10.8. The van der Waals surface area contributed by atoms with Gasteiger partial charge in [-0.1, -0.05) is 0 Å². The number of piperidine rings is 1. The smallest absolute Gasteiger partial charge is 0.302 e. The van der Waals surface area contributed by atoms with Gasteiger partial charge in [0.05, 0.1) is 6.10 Å². The van der Waals surface area contributed by atoms with Gasteiger partial charge >= 0.3 is 5.97 Å². The Labute approximate surface area is 77.3 Å². The third kappa shape index (κ3) is 1.69. The Bertz CT molecular complexity index is 219. The molecule has 2 heterocycles. The first kappa shape index (κ1) is 8.97. The Kier molecular flexibility index (Phi) is 2.26. The summed E-state index contributed by atoms with van der Waals surface area (Å²) in [5.74, 6) is -0.228. The number of esters is 1. The molecular formula is C9H15NO3. The molecule has 2 bridgehead atoms. The highest BCUT2D eigenvalue weighted by Crippen LogP contribution is 2.29. The van der Waals surface area contributed by atoms with Crippen LogP contribution in [0.15, 0.2) is 0 Å². The molecule has 0 aromatic carbocycles. The van der Waals surface area contributed by atoms with Crippen LogP contribution in [0.2, 0.25) is 0 Å². The van der Waals surface area contributed by atoms with Gasteiger partial charge in [0, 0.05) is 25.4 Å². The Balaban J connectivity index is 1.98. The lowest BCUT2D eigenvalue weighted by Gasteiger charge is -2.26. The molecule has 4 heteroatoms. The molecule has 13 heavy (non-hydrogen) atoms. The second-order valence-corrected chi connectivity index (χ2v) is 3.91. The first-order valence-corrected chi connectivity index (χ1v) is 4.78. The second-order valence-electron chi connectivity index (χ2n) is 3.91. The fourth-order valence-corrected chi connectivity index (χ4v) is 2.30. The van der Waals surface area contributed by atoms with E-state index in [1.807, 2.05) is 0 Å². The molecule has 0 aliphatic carbocycles. The highest BCUT2D eigenvalue weighted by atomic mass is 16.5. The summed E-state index contributed by atoms with van der Waals surface area (Å²) in [6.45, 7) is 1.43. The highest BCUT2D eigenvalue weighted by molar-refractivity contribution is 5.66. The minimum Gasteiger partial charge on any atom is -0.461 e. The van der Waals surface area contributed by atoms with E-state index in [0.29, 0.717) is 0 Å². The molecule has 0 amide bonds. The van der Waals surface area contributed by atoms with Gasteiger partial charge in [-0.3, -0.25) is 4.79 Å². The van der Waals surface area contributed by atoms with Crippen molar-refractivity contribution in [2.45, 2.75) is 50.5 Å². The molecule has 2 fully saturated rings. The van der Waals surface area contributed by atoms with E-state index in [1.54, 1.807) is 0 Å². The maximum atomic E-state index is 10.8. The monoisotopic (exact) mass is 185 g/mol. The Morgan fingerprint density at radius 1 is 1.46 bits per heavy atom.